The third-order valence-corrected chi connectivity index (χ3v) is 3.65. The third-order valence-electron chi connectivity index (χ3n) is 3.65. The van der Waals surface area contributed by atoms with Gasteiger partial charge < -0.3 is 14.8 Å². The zero-order valence-electron chi connectivity index (χ0n) is 14.2. The maximum absolute atomic E-state index is 5.68. The Balaban J connectivity index is 1.76. The first kappa shape index (κ1) is 17.5. The minimum absolute atomic E-state index is 0.660. The van der Waals surface area contributed by atoms with E-state index in [1.165, 1.54) is 16.7 Å². The summed E-state index contributed by atoms with van der Waals surface area (Å²) in [4.78, 5) is 0. The van der Waals surface area contributed by atoms with E-state index >= 15 is 0 Å². The van der Waals surface area contributed by atoms with E-state index in [0.29, 0.717) is 6.61 Å². The Morgan fingerprint density at radius 1 is 0.913 bits per heavy atom. The highest BCUT2D eigenvalue weighted by atomic mass is 16.5. The summed E-state index contributed by atoms with van der Waals surface area (Å²) in [5.41, 5.74) is 3.75. The number of nitrogens with one attached hydrogen (secondary N) is 1. The smallest absolute Gasteiger partial charge is 0.119 e. The summed E-state index contributed by atoms with van der Waals surface area (Å²) in [6.07, 6.45) is 2.26. The molecule has 0 aliphatic rings. The zero-order valence-corrected chi connectivity index (χ0v) is 14.2. The second-order valence-corrected chi connectivity index (χ2v) is 5.70. The lowest BCUT2D eigenvalue weighted by Gasteiger charge is -2.09. The molecule has 124 valence electrons. The molecule has 0 saturated heterocycles. The Kier molecular flexibility index (Phi) is 7.64. The van der Waals surface area contributed by atoms with Crippen LogP contribution >= 0.6 is 0 Å². The molecule has 0 heterocycles. The fourth-order valence-electron chi connectivity index (χ4n) is 2.39. The maximum atomic E-state index is 5.68. The molecule has 0 radical (unpaired) electrons. The second-order valence-electron chi connectivity index (χ2n) is 5.70. The fraction of sp³-hybridized carbons (Fsp3) is 0.400. The average Bonchev–Trinajstić information content (AvgIpc) is 2.57. The quantitative estimate of drug-likeness (QED) is 0.663. The van der Waals surface area contributed by atoms with E-state index in [4.69, 9.17) is 9.47 Å². The molecule has 3 nitrogen and oxygen atoms in total. The van der Waals surface area contributed by atoms with Crippen molar-refractivity contribution in [2.75, 3.05) is 13.7 Å². The van der Waals surface area contributed by atoms with Crippen molar-refractivity contribution in [3.05, 3.63) is 65.2 Å². The van der Waals surface area contributed by atoms with E-state index in [2.05, 4.69) is 48.6 Å². The van der Waals surface area contributed by atoms with E-state index < -0.39 is 0 Å². The summed E-state index contributed by atoms with van der Waals surface area (Å²) in [5.74, 6) is 0.953. The monoisotopic (exact) mass is 313 g/mol. The predicted octanol–water partition coefficient (Wildman–Crippen LogP) is 4.30. The largest absolute Gasteiger partial charge is 0.494 e. The van der Waals surface area contributed by atoms with Crippen LogP contribution in [0.3, 0.4) is 0 Å². The van der Waals surface area contributed by atoms with Crippen LogP contribution in [0.1, 0.15) is 36.5 Å². The molecule has 0 bridgehead atoms. The Morgan fingerprint density at radius 3 is 2.39 bits per heavy atom. The van der Waals surface area contributed by atoms with Gasteiger partial charge in [-0.05, 0) is 35.2 Å². The number of methoxy groups -OCH3 is 1. The first-order chi connectivity index (χ1) is 11.3. The van der Waals surface area contributed by atoms with Crippen molar-refractivity contribution in [1.82, 2.24) is 5.32 Å². The molecule has 0 spiro atoms. The minimum atomic E-state index is 0.660. The van der Waals surface area contributed by atoms with Crippen LogP contribution in [0.5, 0.6) is 5.75 Å². The van der Waals surface area contributed by atoms with Crippen molar-refractivity contribution in [3.8, 4) is 5.75 Å². The lowest BCUT2D eigenvalue weighted by Crippen LogP contribution is -2.12. The SMILES string of the molecule is CCCCOc1ccc(CNCc2cccc(COC)c2)cc1. The van der Waals surface area contributed by atoms with E-state index in [1.807, 2.05) is 12.1 Å². The van der Waals surface area contributed by atoms with Crippen molar-refractivity contribution < 1.29 is 9.47 Å². The second kappa shape index (κ2) is 10.0. The normalized spacial score (nSPS) is 10.7. The molecular formula is C20H27NO2. The summed E-state index contributed by atoms with van der Waals surface area (Å²) in [6.45, 7) is 5.33. The van der Waals surface area contributed by atoms with Crippen LogP contribution in [-0.4, -0.2) is 13.7 Å². The topological polar surface area (TPSA) is 30.5 Å². The molecule has 0 aliphatic heterocycles. The molecule has 0 aromatic heterocycles. The van der Waals surface area contributed by atoms with Crippen LogP contribution in [0.4, 0.5) is 0 Å². The lowest BCUT2D eigenvalue weighted by molar-refractivity contribution is 0.185. The average molecular weight is 313 g/mol. The first-order valence-electron chi connectivity index (χ1n) is 8.31. The number of ether oxygens (including phenoxy) is 2. The van der Waals surface area contributed by atoms with Crippen LogP contribution in [0.2, 0.25) is 0 Å². The Morgan fingerprint density at radius 2 is 1.65 bits per heavy atom. The number of hydrogen-bond acceptors (Lipinski definition) is 3. The summed E-state index contributed by atoms with van der Waals surface area (Å²) >= 11 is 0. The molecule has 0 unspecified atom stereocenters. The third kappa shape index (κ3) is 6.43. The van der Waals surface area contributed by atoms with Gasteiger partial charge in [-0.25, -0.2) is 0 Å². The molecule has 2 aromatic rings. The number of rotatable bonds is 10. The van der Waals surface area contributed by atoms with Gasteiger partial charge in [0.25, 0.3) is 0 Å². The molecular weight excluding hydrogens is 286 g/mol. The maximum Gasteiger partial charge on any atom is 0.119 e. The van der Waals surface area contributed by atoms with Crippen LogP contribution in [-0.2, 0) is 24.4 Å². The number of benzene rings is 2. The van der Waals surface area contributed by atoms with Gasteiger partial charge in [0, 0.05) is 20.2 Å². The zero-order chi connectivity index (χ0) is 16.3. The molecule has 23 heavy (non-hydrogen) atoms. The van der Waals surface area contributed by atoms with Gasteiger partial charge in [0.15, 0.2) is 0 Å². The molecule has 0 fully saturated rings. The van der Waals surface area contributed by atoms with Gasteiger partial charge in [-0.1, -0.05) is 49.7 Å². The number of unbranched alkanes of at least 4 members (excludes halogenated alkanes) is 1. The van der Waals surface area contributed by atoms with Crippen LogP contribution < -0.4 is 10.1 Å². The van der Waals surface area contributed by atoms with Gasteiger partial charge in [-0.2, -0.15) is 0 Å². The molecule has 3 heteroatoms. The standard InChI is InChI=1S/C20H27NO2/c1-3-4-12-23-20-10-8-17(9-11-20)14-21-15-18-6-5-7-19(13-18)16-22-2/h5-11,13,21H,3-4,12,14-16H2,1-2H3. The van der Waals surface area contributed by atoms with Crippen molar-refractivity contribution in [1.29, 1.82) is 0 Å². The van der Waals surface area contributed by atoms with Crippen molar-refractivity contribution >= 4 is 0 Å². The summed E-state index contributed by atoms with van der Waals surface area (Å²) in [5, 5.41) is 3.48. The highest BCUT2D eigenvalue weighted by Gasteiger charge is 1.98. The summed E-state index contributed by atoms with van der Waals surface area (Å²) in [7, 11) is 1.72. The van der Waals surface area contributed by atoms with Gasteiger partial charge in [0.05, 0.1) is 13.2 Å². The van der Waals surface area contributed by atoms with E-state index in [1.54, 1.807) is 7.11 Å². The van der Waals surface area contributed by atoms with Crippen molar-refractivity contribution in [2.24, 2.45) is 0 Å². The lowest BCUT2D eigenvalue weighted by atomic mass is 10.1. The predicted molar refractivity (Wildman–Crippen MR) is 94.5 cm³/mol. The van der Waals surface area contributed by atoms with Crippen molar-refractivity contribution in [2.45, 2.75) is 39.5 Å². The Labute approximate surface area is 139 Å². The first-order valence-corrected chi connectivity index (χ1v) is 8.31. The molecule has 1 N–H and O–H groups in total. The van der Waals surface area contributed by atoms with Gasteiger partial charge in [-0.3, -0.25) is 0 Å². The summed E-state index contributed by atoms with van der Waals surface area (Å²) < 4.78 is 10.8. The van der Waals surface area contributed by atoms with E-state index in [-0.39, 0.29) is 0 Å². The van der Waals surface area contributed by atoms with Crippen LogP contribution in [0, 0.1) is 0 Å². The van der Waals surface area contributed by atoms with Crippen molar-refractivity contribution in [3.63, 3.8) is 0 Å². The molecule has 0 amide bonds. The molecule has 0 atom stereocenters. The minimum Gasteiger partial charge on any atom is -0.494 e. The number of hydrogen-bond donors (Lipinski definition) is 1. The van der Waals surface area contributed by atoms with Gasteiger partial charge >= 0.3 is 0 Å². The van der Waals surface area contributed by atoms with Crippen LogP contribution in [0.25, 0.3) is 0 Å². The highest BCUT2D eigenvalue weighted by molar-refractivity contribution is 5.27. The van der Waals surface area contributed by atoms with E-state index in [0.717, 1.165) is 38.3 Å². The van der Waals surface area contributed by atoms with Gasteiger partial charge in [0.1, 0.15) is 5.75 Å². The summed E-state index contributed by atoms with van der Waals surface area (Å²) in [6, 6.07) is 16.8. The molecule has 0 aliphatic carbocycles. The van der Waals surface area contributed by atoms with Crippen LogP contribution in [0.15, 0.2) is 48.5 Å². The fourth-order valence-corrected chi connectivity index (χ4v) is 2.39. The van der Waals surface area contributed by atoms with E-state index in [9.17, 15) is 0 Å². The molecule has 2 rings (SSSR count). The molecule has 2 aromatic carbocycles. The Hall–Kier alpha value is -1.84. The Bertz CT molecular complexity index is 566. The van der Waals surface area contributed by atoms with Gasteiger partial charge in [-0.15, -0.1) is 0 Å². The highest BCUT2D eigenvalue weighted by Crippen LogP contribution is 2.13. The molecule has 0 saturated carbocycles. The van der Waals surface area contributed by atoms with Gasteiger partial charge in [0.2, 0.25) is 0 Å².